The second kappa shape index (κ2) is 6.90. The Balaban J connectivity index is 1.91. The van der Waals surface area contributed by atoms with Crippen molar-refractivity contribution in [2.45, 2.75) is 52.6 Å². The quantitative estimate of drug-likeness (QED) is 0.879. The number of piperidine rings is 1. The Hall–Kier alpha value is -1.09. The molecule has 1 aromatic heterocycles. The van der Waals surface area contributed by atoms with Crippen LogP contribution in [-0.2, 0) is 6.54 Å². The summed E-state index contributed by atoms with van der Waals surface area (Å²) in [5.74, 6) is 1.82. The molecule has 0 spiro atoms. The lowest BCUT2D eigenvalue weighted by Gasteiger charge is -2.36. The fraction of sp³-hybridized carbons (Fsp3) is 0.688. The maximum atomic E-state index is 4.49. The first-order valence-electron chi connectivity index (χ1n) is 7.62. The molecule has 0 radical (unpaired) electrons. The summed E-state index contributed by atoms with van der Waals surface area (Å²) in [4.78, 5) is 7.08. The molecule has 0 saturated carbocycles. The van der Waals surface area contributed by atoms with Crippen molar-refractivity contribution < 1.29 is 0 Å². The number of rotatable bonds is 5. The summed E-state index contributed by atoms with van der Waals surface area (Å²) in [7, 11) is 0. The Kier molecular flexibility index (Phi) is 5.20. The van der Waals surface area contributed by atoms with Gasteiger partial charge >= 0.3 is 0 Å². The number of hydrogen-bond donors (Lipinski definition) is 1. The van der Waals surface area contributed by atoms with Crippen LogP contribution in [0.2, 0.25) is 0 Å². The Morgan fingerprint density at radius 3 is 2.84 bits per heavy atom. The molecule has 2 atom stereocenters. The fourth-order valence-electron chi connectivity index (χ4n) is 2.71. The maximum absolute atomic E-state index is 4.49. The molecule has 3 nitrogen and oxygen atoms in total. The maximum Gasteiger partial charge on any atom is 0.125 e. The van der Waals surface area contributed by atoms with Gasteiger partial charge in [-0.15, -0.1) is 0 Å². The van der Waals surface area contributed by atoms with E-state index in [0.29, 0.717) is 6.04 Å². The van der Waals surface area contributed by atoms with E-state index in [4.69, 9.17) is 0 Å². The molecule has 1 fully saturated rings. The third-order valence-corrected chi connectivity index (χ3v) is 4.01. The van der Waals surface area contributed by atoms with Gasteiger partial charge < -0.3 is 5.32 Å². The van der Waals surface area contributed by atoms with E-state index in [1.54, 1.807) is 0 Å². The van der Waals surface area contributed by atoms with Gasteiger partial charge in [0.25, 0.3) is 0 Å². The zero-order chi connectivity index (χ0) is 13.7. The number of nitrogens with one attached hydrogen (secondary N) is 1. The van der Waals surface area contributed by atoms with Crippen molar-refractivity contribution in [1.29, 1.82) is 0 Å². The van der Waals surface area contributed by atoms with Crippen LogP contribution in [0, 0.1) is 5.92 Å². The minimum absolute atomic E-state index is 0.703. The molecule has 1 saturated heterocycles. The lowest BCUT2D eigenvalue weighted by atomic mass is 9.95. The normalized spacial score (nSPS) is 24.4. The van der Waals surface area contributed by atoms with Gasteiger partial charge in [-0.3, -0.25) is 4.90 Å². The summed E-state index contributed by atoms with van der Waals surface area (Å²) >= 11 is 0. The molecule has 0 aromatic carbocycles. The standard InChI is InChI=1S/C16H27N3/c1-4-9-17-16-8-7-15(10-18-16)12-19-11-13(2)5-6-14(19)3/h7-8,10,13-14H,4-6,9,11-12H2,1-3H3,(H,17,18). The van der Waals surface area contributed by atoms with E-state index in [-0.39, 0.29) is 0 Å². The second-order valence-electron chi connectivity index (χ2n) is 5.94. The van der Waals surface area contributed by atoms with Gasteiger partial charge in [0.1, 0.15) is 5.82 Å². The Labute approximate surface area is 117 Å². The summed E-state index contributed by atoms with van der Waals surface area (Å²) < 4.78 is 0. The van der Waals surface area contributed by atoms with E-state index >= 15 is 0 Å². The number of hydrogen-bond acceptors (Lipinski definition) is 3. The number of pyridine rings is 1. The number of anilines is 1. The molecule has 1 aliphatic heterocycles. The van der Waals surface area contributed by atoms with Gasteiger partial charge in [-0.05, 0) is 43.7 Å². The molecule has 106 valence electrons. The van der Waals surface area contributed by atoms with Gasteiger partial charge in [0.2, 0.25) is 0 Å². The van der Waals surface area contributed by atoms with Crippen LogP contribution in [0.5, 0.6) is 0 Å². The number of nitrogens with zero attached hydrogens (tertiary/aromatic N) is 2. The molecule has 2 rings (SSSR count). The largest absolute Gasteiger partial charge is 0.370 e. The highest BCUT2D eigenvalue weighted by molar-refractivity contribution is 5.35. The summed E-state index contributed by atoms with van der Waals surface area (Å²) in [5.41, 5.74) is 1.32. The van der Waals surface area contributed by atoms with Gasteiger partial charge in [0, 0.05) is 31.9 Å². The van der Waals surface area contributed by atoms with Crippen molar-refractivity contribution in [1.82, 2.24) is 9.88 Å². The van der Waals surface area contributed by atoms with E-state index in [1.807, 2.05) is 6.20 Å². The molecule has 3 heteroatoms. The Bertz CT molecular complexity index is 374. The summed E-state index contributed by atoms with van der Waals surface area (Å²) in [5, 5.41) is 3.32. The minimum Gasteiger partial charge on any atom is -0.370 e. The van der Waals surface area contributed by atoms with E-state index in [1.165, 1.54) is 24.9 Å². The molecule has 19 heavy (non-hydrogen) atoms. The van der Waals surface area contributed by atoms with Crippen LogP contribution < -0.4 is 5.32 Å². The highest BCUT2D eigenvalue weighted by atomic mass is 15.2. The molecule has 2 heterocycles. The first-order valence-corrected chi connectivity index (χ1v) is 7.62. The zero-order valence-electron chi connectivity index (χ0n) is 12.5. The van der Waals surface area contributed by atoms with Crippen molar-refractivity contribution in [3.05, 3.63) is 23.9 Å². The summed E-state index contributed by atoms with van der Waals surface area (Å²) in [6.07, 6.45) is 5.84. The van der Waals surface area contributed by atoms with Crippen molar-refractivity contribution >= 4 is 5.82 Å². The monoisotopic (exact) mass is 261 g/mol. The van der Waals surface area contributed by atoms with Crippen LogP contribution in [-0.4, -0.2) is 29.0 Å². The fourth-order valence-corrected chi connectivity index (χ4v) is 2.71. The smallest absolute Gasteiger partial charge is 0.125 e. The summed E-state index contributed by atoms with van der Waals surface area (Å²) in [6.45, 7) is 10.1. The minimum atomic E-state index is 0.703. The topological polar surface area (TPSA) is 28.2 Å². The molecular formula is C16H27N3. The SMILES string of the molecule is CCCNc1ccc(CN2CC(C)CCC2C)cn1. The van der Waals surface area contributed by atoms with Gasteiger partial charge in [-0.2, -0.15) is 0 Å². The molecule has 1 aromatic rings. The average molecular weight is 261 g/mol. The Morgan fingerprint density at radius 1 is 1.32 bits per heavy atom. The lowest BCUT2D eigenvalue weighted by Crippen LogP contribution is -2.40. The van der Waals surface area contributed by atoms with Gasteiger partial charge in [-0.25, -0.2) is 4.98 Å². The molecule has 0 aliphatic carbocycles. The van der Waals surface area contributed by atoms with Gasteiger partial charge in [-0.1, -0.05) is 19.9 Å². The first kappa shape index (κ1) is 14.3. The van der Waals surface area contributed by atoms with Crippen molar-refractivity contribution in [3.8, 4) is 0 Å². The molecular weight excluding hydrogens is 234 g/mol. The van der Waals surface area contributed by atoms with Gasteiger partial charge in [0.15, 0.2) is 0 Å². The van der Waals surface area contributed by atoms with Crippen LogP contribution in [0.3, 0.4) is 0 Å². The van der Waals surface area contributed by atoms with Crippen molar-refractivity contribution in [3.63, 3.8) is 0 Å². The molecule has 0 bridgehead atoms. The molecule has 2 unspecified atom stereocenters. The average Bonchev–Trinajstić information content (AvgIpc) is 2.42. The number of likely N-dealkylation sites (tertiary alicyclic amines) is 1. The highest BCUT2D eigenvalue weighted by Gasteiger charge is 2.22. The lowest BCUT2D eigenvalue weighted by molar-refractivity contribution is 0.117. The van der Waals surface area contributed by atoms with E-state index < -0.39 is 0 Å². The van der Waals surface area contributed by atoms with Crippen LogP contribution >= 0.6 is 0 Å². The first-order chi connectivity index (χ1) is 9.19. The van der Waals surface area contributed by atoms with E-state index in [0.717, 1.165) is 31.2 Å². The predicted octanol–water partition coefficient (Wildman–Crippen LogP) is 3.52. The van der Waals surface area contributed by atoms with E-state index in [2.05, 4.69) is 48.1 Å². The third kappa shape index (κ3) is 4.20. The van der Waals surface area contributed by atoms with E-state index in [9.17, 15) is 0 Å². The number of aromatic nitrogens is 1. The molecule has 1 aliphatic rings. The summed E-state index contributed by atoms with van der Waals surface area (Å²) in [6, 6.07) is 5.01. The molecule has 0 amide bonds. The van der Waals surface area contributed by atoms with Crippen LogP contribution in [0.4, 0.5) is 5.82 Å². The Morgan fingerprint density at radius 2 is 2.16 bits per heavy atom. The van der Waals surface area contributed by atoms with Crippen LogP contribution in [0.1, 0.15) is 45.6 Å². The van der Waals surface area contributed by atoms with Crippen molar-refractivity contribution in [2.75, 3.05) is 18.4 Å². The predicted molar refractivity (Wildman–Crippen MR) is 81.3 cm³/mol. The zero-order valence-corrected chi connectivity index (χ0v) is 12.5. The second-order valence-corrected chi connectivity index (χ2v) is 5.94. The third-order valence-electron chi connectivity index (χ3n) is 4.01. The van der Waals surface area contributed by atoms with Crippen LogP contribution in [0.25, 0.3) is 0 Å². The molecule has 1 N–H and O–H groups in total. The van der Waals surface area contributed by atoms with Crippen molar-refractivity contribution in [2.24, 2.45) is 5.92 Å². The highest BCUT2D eigenvalue weighted by Crippen LogP contribution is 2.23. The van der Waals surface area contributed by atoms with Gasteiger partial charge in [0.05, 0.1) is 0 Å². The van der Waals surface area contributed by atoms with Crippen LogP contribution in [0.15, 0.2) is 18.3 Å².